The van der Waals surface area contributed by atoms with Crippen molar-refractivity contribution in [3.05, 3.63) is 48.0 Å². The maximum absolute atomic E-state index is 12.9. The van der Waals surface area contributed by atoms with E-state index in [0.29, 0.717) is 18.7 Å². The van der Waals surface area contributed by atoms with Gasteiger partial charge in [0.2, 0.25) is 0 Å². The molecule has 21 heavy (non-hydrogen) atoms. The summed E-state index contributed by atoms with van der Waals surface area (Å²) in [6, 6.07) is 13.7. The molecule has 0 radical (unpaired) electrons. The van der Waals surface area contributed by atoms with Gasteiger partial charge in [0.05, 0.1) is 25.4 Å². The average Bonchev–Trinajstić information content (AvgIpc) is 2.54. The summed E-state index contributed by atoms with van der Waals surface area (Å²) in [4.78, 5) is 14.7. The van der Waals surface area contributed by atoms with Crippen molar-refractivity contribution in [1.29, 1.82) is 0 Å². The molecule has 2 aromatic rings. The highest BCUT2D eigenvalue weighted by molar-refractivity contribution is 6.07. The van der Waals surface area contributed by atoms with Gasteiger partial charge in [-0.15, -0.1) is 0 Å². The molecule has 2 unspecified atom stereocenters. The molecule has 2 aromatic carbocycles. The van der Waals surface area contributed by atoms with Crippen LogP contribution in [0.1, 0.15) is 17.3 Å². The Morgan fingerprint density at radius 1 is 1.29 bits per heavy atom. The molecule has 110 valence electrons. The fourth-order valence-corrected chi connectivity index (χ4v) is 2.78. The van der Waals surface area contributed by atoms with E-state index in [9.17, 15) is 9.90 Å². The Morgan fingerprint density at radius 3 is 2.86 bits per heavy atom. The van der Waals surface area contributed by atoms with E-state index in [4.69, 9.17) is 4.74 Å². The van der Waals surface area contributed by atoms with E-state index in [0.717, 1.165) is 10.8 Å². The maximum Gasteiger partial charge on any atom is 0.254 e. The second-order valence-electron chi connectivity index (χ2n) is 5.47. The average molecular weight is 285 g/mol. The molecule has 1 amide bonds. The van der Waals surface area contributed by atoms with Crippen molar-refractivity contribution in [2.24, 2.45) is 0 Å². The topological polar surface area (TPSA) is 49.8 Å². The molecule has 3 rings (SSSR count). The highest BCUT2D eigenvalue weighted by Gasteiger charge is 2.30. The fraction of sp³-hybridized carbons (Fsp3) is 0.353. The molecule has 4 nitrogen and oxygen atoms in total. The molecule has 1 saturated heterocycles. The number of aliphatic hydroxyl groups is 1. The van der Waals surface area contributed by atoms with Crippen molar-refractivity contribution in [2.45, 2.75) is 19.1 Å². The molecule has 1 heterocycles. The lowest BCUT2D eigenvalue weighted by atomic mass is 10.0. The van der Waals surface area contributed by atoms with Gasteiger partial charge in [0.15, 0.2) is 0 Å². The van der Waals surface area contributed by atoms with E-state index in [1.807, 2.05) is 49.4 Å². The van der Waals surface area contributed by atoms with Crippen LogP contribution < -0.4 is 0 Å². The second-order valence-corrected chi connectivity index (χ2v) is 5.47. The Kier molecular flexibility index (Phi) is 3.90. The van der Waals surface area contributed by atoms with Crippen LogP contribution in [-0.2, 0) is 4.74 Å². The van der Waals surface area contributed by atoms with Gasteiger partial charge in [-0.25, -0.2) is 0 Å². The van der Waals surface area contributed by atoms with Crippen LogP contribution in [0.4, 0.5) is 0 Å². The van der Waals surface area contributed by atoms with Crippen LogP contribution in [0.15, 0.2) is 42.5 Å². The largest absolute Gasteiger partial charge is 0.394 e. The van der Waals surface area contributed by atoms with Gasteiger partial charge in [-0.3, -0.25) is 4.79 Å². The Morgan fingerprint density at radius 2 is 2.05 bits per heavy atom. The molecule has 1 aliphatic heterocycles. The molecule has 0 aliphatic carbocycles. The molecular formula is C17H19NO3. The quantitative estimate of drug-likeness (QED) is 0.919. The lowest BCUT2D eigenvalue weighted by Gasteiger charge is -2.37. The Labute approximate surface area is 123 Å². The van der Waals surface area contributed by atoms with E-state index < -0.39 is 0 Å². The smallest absolute Gasteiger partial charge is 0.254 e. The lowest BCUT2D eigenvalue weighted by Crippen LogP contribution is -2.52. The number of fused-ring (bicyclic) bond motifs is 1. The van der Waals surface area contributed by atoms with Gasteiger partial charge in [0.25, 0.3) is 5.91 Å². The van der Waals surface area contributed by atoms with Crippen LogP contribution in [-0.4, -0.2) is 47.8 Å². The number of hydrogen-bond donors (Lipinski definition) is 1. The van der Waals surface area contributed by atoms with Crippen molar-refractivity contribution >= 4 is 16.7 Å². The van der Waals surface area contributed by atoms with Gasteiger partial charge in [-0.05, 0) is 23.8 Å². The third-order valence-corrected chi connectivity index (χ3v) is 3.99. The molecule has 2 atom stereocenters. The van der Waals surface area contributed by atoms with Gasteiger partial charge in [0, 0.05) is 12.1 Å². The second kappa shape index (κ2) is 5.84. The summed E-state index contributed by atoms with van der Waals surface area (Å²) in [6.45, 7) is 2.80. The summed E-state index contributed by atoms with van der Waals surface area (Å²) in [7, 11) is 0. The van der Waals surface area contributed by atoms with Gasteiger partial charge >= 0.3 is 0 Å². The van der Waals surface area contributed by atoms with Crippen LogP contribution in [0.3, 0.4) is 0 Å². The summed E-state index contributed by atoms with van der Waals surface area (Å²) in [5.41, 5.74) is 0.707. The van der Waals surface area contributed by atoms with Crippen molar-refractivity contribution in [2.75, 3.05) is 19.8 Å². The van der Waals surface area contributed by atoms with E-state index in [1.54, 1.807) is 4.90 Å². The van der Waals surface area contributed by atoms with E-state index in [-0.39, 0.29) is 24.7 Å². The first-order chi connectivity index (χ1) is 10.2. The third-order valence-electron chi connectivity index (χ3n) is 3.99. The zero-order valence-electron chi connectivity index (χ0n) is 12.0. The zero-order chi connectivity index (χ0) is 14.8. The minimum absolute atomic E-state index is 0.000972. The number of rotatable bonds is 2. The molecular weight excluding hydrogens is 266 g/mol. The van der Waals surface area contributed by atoms with Crippen LogP contribution in [0.2, 0.25) is 0 Å². The van der Waals surface area contributed by atoms with Gasteiger partial charge in [-0.1, -0.05) is 36.4 Å². The lowest BCUT2D eigenvalue weighted by molar-refractivity contribution is -0.0666. The van der Waals surface area contributed by atoms with Crippen LogP contribution >= 0.6 is 0 Å². The van der Waals surface area contributed by atoms with E-state index in [2.05, 4.69) is 0 Å². The molecule has 4 heteroatoms. The first-order valence-electron chi connectivity index (χ1n) is 7.22. The highest BCUT2D eigenvalue weighted by atomic mass is 16.5. The van der Waals surface area contributed by atoms with Crippen LogP contribution in [0.5, 0.6) is 0 Å². The van der Waals surface area contributed by atoms with Gasteiger partial charge in [-0.2, -0.15) is 0 Å². The molecule has 0 saturated carbocycles. The van der Waals surface area contributed by atoms with Gasteiger partial charge < -0.3 is 14.7 Å². The first-order valence-corrected chi connectivity index (χ1v) is 7.22. The number of carbonyl (C=O) groups is 1. The molecule has 0 aromatic heterocycles. The summed E-state index contributed by atoms with van der Waals surface area (Å²) in [6.07, 6.45) is -0.292. The molecule has 1 N–H and O–H groups in total. The number of nitrogens with zero attached hydrogens (tertiary/aromatic N) is 1. The number of benzene rings is 2. The first kappa shape index (κ1) is 14.0. The number of ether oxygens (including phenoxy) is 1. The normalized spacial score (nSPS) is 22.5. The summed E-state index contributed by atoms with van der Waals surface area (Å²) < 4.78 is 5.50. The van der Waals surface area contributed by atoms with Crippen LogP contribution in [0, 0.1) is 0 Å². The number of amides is 1. The van der Waals surface area contributed by atoms with Gasteiger partial charge in [0.1, 0.15) is 0 Å². The number of hydrogen-bond acceptors (Lipinski definition) is 3. The number of morpholine rings is 1. The SMILES string of the molecule is CC1COC(CO)CN1C(=O)c1cccc2ccccc12. The zero-order valence-corrected chi connectivity index (χ0v) is 12.0. The molecule has 1 fully saturated rings. The Hall–Kier alpha value is -1.91. The standard InChI is InChI=1S/C17H19NO3/c1-12-11-21-14(10-19)9-18(12)17(20)16-8-4-6-13-5-2-3-7-15(13)16/h2-8,12,14,19H,9-11H2,1H3. The Balaban J connectivity index is 1.96. The molecule has 0 spiro atoms. The highest BCUT2D eigenvalue weighted by Crippen LogP contribution is 2.22. The predicted molar refractivity (Wildman–Crippen MR) is 81.3 cm³/mol. The fourth-order valence-electron chi connectivity index (χ4n) is 2.78. The minimum Gasteiger partial charge on any atom is -0.394 e. The summed E-state index contributed by atoms with van der Waals surface area (Å²) in [5.74, 6) is 0.000972. The van der Waals surface area contributed by atoms with Crippen molar-refractivity contribution in [1.82, 2.24) is 4.90 Å². The minimum atomic E-state index is -0.292. The Bertz CT molecular complexity index is 650. The van der Waals surface area contributed by atoms with E-state index >= 15 is 0 Å². The molecule has 1 aliphatic rings. The maximum atomic E-state index is 12.9. The van der Waals surface area contributed by atoms with Crippen molar-refractivity contribution in [3.8, 4) is 0 Å². The number of aliphatic hydroxyl groups excluding tert-OH is 1. The predicted octanol–water partition coefficient (Wildman–Crippen LogP) is 2.06. The van der Waals surface area contributed by atoms with E-state index in [1.165, 1.54) is 0 Å². The molecule has 0 bridgehead atoms. The number of carbonyl (C=O) groups excluding carboxylic acids is 1. The van der Waals surface area contributed by atoms with Crippen molar-refractivity contribution < 1.29 is 14.6 Å². The summed E-state index contributed by atoms with van der Waals surface area (Å²) in [5, 5.41) is 11.3. The summed E-state index contributed by atoms with van der Waals surface area (Å²) >= 11 is 0. The monoisotopic (exact) mass is 285 g/mol. The van der Waals surface area contributed by atoms with Crippen LogP contribution in [0.25, 0.3) is 10.8 Å². The van der Waals surface area contributed by atoms with Crippen molar-refractivity contribution in [3.63, 3.8) is 0 Å². The third kappa shape index (κ3) is 2.64.